The molecule has 1 aromatic heterocycles. The van der Waals surface area contributed by atoms with E-state index in [4.69, 9.17) is 23.2 Å². The molecule has 1 fully saturated rings. The van der Waals surface area contributed by atoms with Crippen LogP contribution in [0.15, 0.2) is 73.1 Å². The highest BCUT2D eigenvalue weighted by Gasteiger charge is 2.46. The van der Waals surface area contributed by atoms with E-state index in [1.807, 2.05) is 41.3 Å². The highest BCUT2D eigenvalue weighted by molar-refractivity contribution is 6.31. The second-order valence-corrected chi connectivity index (χ2v) is 9.70. The molecule has 0 radical (unpaired) electrons. The van der Waals surface area contributed by atoms with Gasteiger partial charge in [0, 0.05) is 52.2 Å². The molecule has 3 heterocycles. The number of hydrogen-bond donors (Lipinski definition) is 0. The lowest BCUT2D eigenvalue weighted by atomic mass is 9.74. The molecule has 0 N–H and O–H groups in total. The number of benzene rings is 2. The van der Waals surface area contributed by atoms with Crippen molar-refractivity contribution in [1.82, 2.24) is 9.88 Å². The Morgan fingerprint density at radius 2 is 1.67 bits per heavy atom. The number of halogens is 2. The molecule has 0 bridgehead atoms. The molecule has 3 aromatic rings. The Morgan fingerprint density at radius 3 is 2.39 bits per heavy atom. The Balaban J connectivity index is 1.30. The fraction of sp³-hybridized carbons (Fsp3) is 0.259. The second-order valence-electron chi connectivity index (χ2n) is 8.82. The van der Waals surface area contributed by atoms with E-state index in [1.165, 1.54) is 5.56 Å². The number of amides is 1. The Kier molecular flexibility index (Phi) is 6.24. The number of rotatable bonds is 4. The number of pyridine rings is 1. The Morgan fingerprint density at radius 1 is 0.970 bits per heavy atom. The van der Waals surface area contributed by atoms with Crippen LogP contribution in [0.5, 0.6) is 0 Å². The standard InChI is InChI=1S/C27H25Cl2N3O/c28-22-5-3-20(4-6-22)2-1-15-31-16-11-27(12-17-31)19-32(25-8-7-23(29)18-24(25)27)26(33)21-9-13-30-14-10-21/h1-10,13-14,18H,11-12,15-17,19H2/b2-1+. The lowest BCUT2D eigenvalue weighted by Crippen LogP contribution is -2.46. The molecule has 2 aliphatic heterocycles. The summed E-state index contributed by atoms with van der Waals surface area (Å²) in [6, 6.07) is 17.4. The van der Waals surface area contributed by atoms with Crippen LogP contribution in [0.2, 0.25) is 10.0 Å². The molecular weight excluding hydrogens is 453 g/mol. The van der Waals surface area contributed by atoms with Crippen molar-refractivity contribution in [1.29, 1.82) is 0 Å². The zero-order valence-corrected chi connectivity index (χ0v) is 19.8. The molecule has 33 heavy (non-hydrogen) atoms. The minimum Gasteiger partial charge on any atom is -0.307 e. The first-order chi connectivity index (χ1) is 16.0. The van der Waals surface area contributed by atoms with Gasteiger partial charge < -0.3 is 4.90 Å². The lowest BCUT2D eigenvalue weighted by molar-refractivity contribution is 0.0977. The number of carbonyl (C=O) groups is 1. The van der Waals surface area contributed by atoms with Crippen LogP contribution >= 0.6 is 23.2 Å². The van der Waals surface area contributed by atoms with Gasteiger partial charge in [0.1, 0.15) is 0 Å². The normalized spacial score (nSPS) is 17.6. The highest BCUT2D eigenvalue weighted by Crippen LogP contribution is 2.48. The third-order valence-corrected chi connectivity index (χ3v) is 7.30. The van der Waals surface area contributed by atoms with Gasteiger partial charge in [0.25, 0.3) is 5.91 Å². The fourth-order valence-electron chi connectivity index (χ4n) is 4.98. The predicted octanol–water partition coefficient (Wildman–Crippen LogP) is 6.10. The van der Waals surface area contributed by atoms with Crippen molar-refractivity contribution in [3.05, 3.63) is 99.8 Å². The van der Waals surface area contributed by atoms with Gasteiger partial charge in [-0.15, -0.1) is 0 Å². The first-order valence-corrected chi connectivity index (χ1v) is 12.0. The summed E-state index contributed by atoms with van der Waals surface area (Å²) in [6.07, 6.45) is 9.67. The Labute approximate surface area is 204 Å². The summed E-state index contributed by atoms with van der Waals surface area (Å²) in [4.78, 5) is 21.8. The molecule has 1 saturated heterocycles. The van der Waals surface area contributed by atoms with Crippen molar-refractivity contribution >= 4 is 40.9 Å². The van der Waals surface area contributed by atoms with Crippen LogP contribution in [0, 0.1) is 0 Å². The maximum Gasteiger partial charge on any atom is 0.258 e. The molecule has 4 nitrogen and oxygen atoms in total. The van der Waals surface area contributed by atoms with Crippen molar-refractivity contribution in [2.45, 2.75) is 18.3 Å². The number of fused-ring (bicyclic) bond motifs is 2. The van der Waals surface area contributed by atoms with Gasteiger partial charge >= 0.3 is 0 Å². The smallest absolute Gasteiger partial charge is 0.258 e. The first-order valence-electron chi connectivity index (χ1n) is 11.2. The summed E-state index contributed by atoms with van der Waals surface area (Å²) < 4.78 is 0. The minimum atomic E-state index is -0.0562. The molecule has 2 aliphatic rings. The molecule has 5 rings (SSSR count). The van der Waals surface area contributed by atoms with Crippen molar-refractivity contribution in [2.75, 3.05) is 31.1 Å². The molecule has 2 aromatic carbocycles. The van der Waals surface area contributed by atoms with E-state index < -0.39 is 0 Å². The summed E-state index contributed by atoms with van der Waals surface area (Å²) in [5.41, 5.74) is 3.94. The zero-order chi connectivity index (χ0) is 22.8. The molecule has 1 amide bonds. The summed E-state index contributed by atoms with van der Waals surface area (Å²) in [5, 5.41) is 1.47. The molecule has 0 saturated carbocycles. The maximum absolute atomic E-state index is 13.3. The van der Waals surface area contributed by atoms with Crippen molar-refractivity contribution in [3.63, 3.8) is 0 Å². The summed E-state index contributed by atoms with van der Waals surface area (Å²) >= 11 is 12.4. The second kappa shape index (κ2) is 9.30. The SMILES string of the molecule is O=C(c1ccncc1)N1CC2(CCN(C/C=C/c3ccc(Cl)cc3)CC2)c2cc(Cl)ccc21. The number of carbonyl (C=O) groups excluding carboxylic acids is 1. The summed E-state index contributed by atoms with van der Waals surface area (Å²) in [7, 11) is 0. The van der Waals surface area contributed by atoms with Crippen molar-refractivity contribution in [3.8, 4) is 0 Å². The number of piperidine rings is 1. The molecule has 0 atom stereocenters. The summed E-state index contributed by atoms with van der Waals surface area (Å²) in [5.74, 6) is 0.0196. The molecule has 6 heteroatoms. The molecule has 0 unspecified atom stereocenters. The van der Waals surface area contributed by atoms with Crippen LogP contribution in [-0.4, -0.2) is 42.0 Å². The van der Waals surface area contributed by atoms with E-state index in [0.717, 1.165) is 53.8 Å². The largest absolute Gasteiger partial charge is 0.307 e. The Hall–Kier alpha value is -2.66. The van der Waals surface area contributed by atoms with Gasteiger partial charge in [0.05, 0.1) is 0 Å². The van der Waals surface area contributed by atoms with E-state index in [-0.39, 0.29) is 11.3 Å². The predicted molar refractivity (Wildman–Crippen MR) is 135 cm³/mol. The number of aromatic nitrogens is 1. The van der Waals surface area contributed by atoms with Crippen molar-refractivity contribution < 1.29 is 4.79 Å². The van der Waals surface area contributed by atoms with Crippen LogP contribution in [0.4, 0.5) is 5.69 Å². The average molecular weight is 478 g/mol. The van der Waals surface area contributed by atoms with Gasteiger partial charge in [0.15, 0.2) is 0 Å². The van der Waals surface area contributed by atoms with Gasteiger partial charge in [-0.25, -0.2) is 0 Å². The molecular formula is C27H25Cl2N3O. The van der Waals surface area contributed by atoms with Crippen LogP contribution in [0.25, 0.3) is 6.08 Å². The summed E-state index contributed by atoms with van der Waals surface area (Å²) in [6.45, 7) is 3.56. The third-order valence-electron chi connectivity index (χ3n) is 6.81. The van der Waals surface area contributed by atoms with Crippen LogP contribution in [-0.2, 0) is 5.41 Å². The van der Waals surface area contributed by atoms with E-state index in [9.17, 15) is 4.79 Å². The number of anilines is 1. The quantitative estimate of drug-likeness (QED) is 0.455. The van der Waals surface area contributed by atoms with Gasteiger partial charge in [-0.3, -0.25) is 14.7 Å². The van der Waals surface area contributed by atoms with Crippen LogP contribution in [0.3, 0.4) is 0 Å². The van der Waals surface area contributed by atoms with Crippen molar-refractivity contribution in [2.24, 2.45) is 0 Å². The highest BCUT2D eigenvalue weighted by atomic mass is 35.5. The van der Waals surface area contributed by atoms with Crippen LogP contribution < -0.4 is 4.90 Å². The number of likely N-dealkylation sites (tertiary alicyclic amines) is 1. The van der Waals surface area contributed by atoms with E-state index >= 15 is 0 Å². The fourth-order valence-corrected chi connectivity index (χ4v) is 5.27. The van der Waals surface area contributed by atoms with E-state index in [0.29, 0.717) is 12.1 Å². The molecule has 1 spiro atoms. The average Bonchev–Trinajstić information content (AvgIpc) is 3.15. The van der Waals surface area contributed by atoms with E-state index in [1.54, 1.807) is 24.5 Å². The molecule has 0 aliphatic carbocycles. The van der Waals surface area contributed by atoms with Gasteiger partial charge in [-0.2, -0.15) is 0 Å². The van der Waals surface area contributed by atoms with Gasteiger partial charge in [0.2, 0.25) is 0 Å². The number of hydrogen-bond acceptors (Lipinski definition) is 3. The van der Waals surface area contributed by atoms with E-state index in [2.05, 4.69) is 28.1 Å². The molecule has 168 valence electrons. The maximum atomic E-state index is 13.3. The zero-order valence-electron chi connectivity index (χ0n) is 18.3. The lowest BCUT2D eigenvalue weighted by Gasteiger charge is -2.39. The Bertz CT molecular complexity index is 1170. The number of nitrogens with zero attached hydrogens (tertiary/aromatic N) is 3. The van der Waals surface area contributed by atoms with Gasteiger partial charge in [-0.05, 0) is 79.5 Å². The third kappa shape index (κ3) is 4.56. The monoisotopic (exact) mass is 477 g/mol. The van der Waals surface area contributed by atoms with Gasteiger partial charge in [-0.1, -0.05) is 47.5 Å². The first kappa shape index (κ1) is 22.1. The topological polar surface area (TPSA) is 36.4 Å². The van der Waals surface area contributed by atoms with Crippen LogP contribution in [0.1, 0.15) is 34.3 Å². The minimum absolute atomic E-state index is 0.0196.